The number of halogens is 2. The molecule has 1 aliphatic rings. The van der Waals surface area contributed by atoms with Crippen LogP contribution in [-0.2, 0) is 22.6 Å². The maximum atomic E-state index is 13.4. The van der Waals surface area contributed by atoms with Gasteiger partial charge in [-0.3, -0.25) is 9.59 Å². The van der Waals surface area contributed by atoms with Gasteiger partial charge in [0.2, 0.25) is 11.7 Å². The van der Waals surface area contributed by atoms with Crippen LogP contribution in [0.2, 0.25) is 5.02 Å². The Bertz CT molecular complexity index is 1280. The molecular weight excluding hydrogens is 513 g/mol. The van der Waals surface area contributed by atoms with Crippen LogP contribution in [0.25, 0.3) is 11.4 Å². The zero-order valence-corrected chi connectivity index (χ0v) is 22.2. The molecule has 0 atom stereocenters. The Hall–Kier alpha value is -3.44. The first kappa shape index (κ1) is 27.6. The van der Waals surface area contributed by atoms with Crippen molar-refractivity contribution in [1.29, 1.82) is 0 Å². The van der Waals surface area contributed by atoms with Gasteiger partial charge in [0.25, 0.3) is 5.91 Å². The summed E-state index contributed by atoms with van der Waals surface area (Å²) in [6.07, 6.45) is 4.13. The molecule has 1 aliphatic carbocycles. The number of tetrazole rings is 1. The largest absolute Gasteiger partial charge is 0.384 e. The number of nitrogens with one attached hydrogen (secondary N) is 2. The number of pyridine rings is 1. The Balaban J connectivity index is 1.32. The first-order chi connectivity index (χ1) is 18.3. The fourth-order valence-electron chi connectivity index (χ4n) is 4.49. The highest BCUT2D eigenvalue weighted by atomic mass is 35.5. The van der Waals surface area contributed by atoms with Crippen LogP contribution < -0.4 is 10.6 Å². The van der Waals surface area contributed by atoms with Gasteiger partial charge in [-0.15, -0.1) is 10.2 Å². The van der Waals surface area contributed by atoms with E-state index in [1.165, 1.54) is 12.1 Å². The summed E-state index contributed by atoms with van der Waals surface area (Å²) in [6, 6.07) is 7.91. The fraction of sp³-hybridized carbons (Fsp3) is 0.462. The van der Waals surface area contributed by atoms with Crippen molar-refractivity contribution in [2.75, 3.05) is 13.7 Å². The lowest BCUT2D eigenvalue weighted by atomic mass is 9.86. The molecule has 4 rings (SSSR count). The average Bonchev–Trinajstić information content (AvgIpc) is 3.37. The number of aromatic nitrogens is 5. The molecule has 2 amide bonds. The minimum absolute atomic E-state index is 0.000338. The molecule has 1 aromatic carbocycles. The average molecular weight is 544 g/mol. The number of ether oxygens (including phenoxy) is 1. The van der Waals surface area contributed by atoms with Crippen molar-refractivity contribution in [3.8, 4) is 11.4 Å². The number of aryl methyl sites for hydroxylation is 1. The van der Waals surface area contributed by atoms with Crippen LogP contribution in [0.5, 0.6) is 0 Å². The van der Waals surface area contributed by atoms with E-state index in [2.05, 4.69) is 31.0 Å². The summed E-state index contributed by atoms with van der Waals surface area (Å²) >= 11 is 5.82. The second-order valence-corrected chi connectivity index (χ2v) is 9.92. The van der Waals surface area contributed by atoms with Crippen LogP contribution in [0.3, 0.4) is 0 Å². The molecule has 0 radical (unpaired) electrons. The van der Waals surface area contributed by atoms with E-state index in [0.29, 0.717) is 48.1 Å². The van der Waals surface area contributed by atoms with Gasteiger partial charge in [-0.25, -0.2) is 9.37 Å². The second-order valence-electron chi connectivity index (χ2n) is 9.51. The number of hydrogen-bond acceptors (Lipinski definition) is 7. The SMILES string of the molecule is COCCC(=O)NC1CCC(Cn2nnc(-c3cc(C)nc(C(=O)NCc4ccc(F)c(Cl)c4)c3)n2)CC1. The topological polar surface area (TPSA) is 124 Å². The Morgan fingerprint density at radius 3 is 2.71 bits per heavy atom. The van der Waals surface area contributed by atoms with E-state index in [1.54, 1.807) is 37.0 Å². The summed E-state index contributed by atoms with van der Waals surface area (Å²) < 4.78 is 18.3. The summed E-state index contributed by atoms with van der Waals surface area (Å²) in [6.45, 7) is 3.03. The van der Waals surface area contributed by atoms with Crippen molar-refractivity contribution >= 4 is 23.4 Å². The quantitative estimate of drug-likeness (QED) is 0.401. The normalized spacial score (nSPS) is 17.3. The number of amides is 2. The van der Waals surface area contributed by atoms with Gasteiger partial charge in [0.05, 0.1) is 18.2 Å². The molecule has 12 heteroatoms. The van der Waals surface area contributed by atoms with Crippen LogP contribution in [0.4, 0.5) is 4.39 Å². The number of benzene rings is 1. The number of hydrogen-bond donors (Lipinski definition) is 2. The van der Waals surface area contributed by atoms with E-state index in [0.717, 1.165) is 25.7 Å². The van der Waals surface area contributed by atoms with Crippen LogP contribution in [0, 0.1) is 18.7 Å². The molecule has 3 aromatic rings. The molecule has 0 unspecified atom stereocenters. The zero-order chi connectivity index (χ0) is 27.1. The molecule has 202 valence electrons. The van der Waals surface area contributed by atoms with Crippen LogP contribution in [0.1, 0.15) is 53.8 Å². The molecule has 2 heterocycles. The molecule has 10 nitrogen and oxygen atoms in total. The highest BCUT2D eigenvalue weighted by molar-refractivity contribution is 6.30. The van der Waals surface area contributed by atoms with Gasteiger partial charge in [0.1, 0.15) is 11.5 Å². The molecule has 1 saturated carbocycles. The molecule has 2 aromatic heterocycles. The minimum atomic E-state index is -0.512. The Morgan fingerprint density at radius 2 is 1.97 bits per heavy atom. The summed E-state index contributed by atoms with van der Waals surface area (Å²) in [5, 5.41) is 18.8. The Labute approximate surface area is 225 Å². The zero-order valence-electron chi connectivity index (χ0n) is 21.4. The molecule has 0 spiro atoms. The maximum absolute atomic E-state index is 13.4. The van der Waals surface area contributed by atoms with Crippen molar-refractivity contribution in [2.24, 2.45) is 5.92 Å². The van der Waals surface area contributed by atoms with E-state index in [-0.39, 0.29) is 35.1 Å². The summed E-state index contributed by atoms with van der Waals surface area (Å²) in [5.74, 6) is -0.0620. The standard InChI is InChI=1S/C26H31ClFN7O3/c1-16-11-19(13-23(30-16)26(37)29-14-18-5-8-22(28)21(27)12-18)25-32-34-35(33-25)15-17-3-6-20(7-4-17)31-24(36)9-10-38-2/h5,8,11-13,17,20H,3-4,6-7,9-10,14-15H2,1-2H3,(H,29,37)(H,31,36). The van der Waals surface area contributed by atoms with Crippen molar-refractivity contribution in [3.63, 3.8) is 0 Å². The highest BCUT2D eigenvalue weighted by Crippen LogP contribution is 2.26. The second kappa shape index (κ2) is 12.9. The van der Waals surface area contributed by atoms with Gasteiger partial charge < -0.3 is 15.4 Å². The Morgan fingerprint density at radius 1 is 1.18 bits per heavy atom. The van der Waals surface area contributed by atoms with Gasteiger partial charge in [-0.05, 0) is 73.6 Å². The molecule has 2 N–H and O–H groups in total. The van der Waals surface area contributed by atoms with E-state index in [9.17, 15) is 14.0 Å². The van der Waals surface area contributed by atoms with Gasteiger partial charge in [0, 0.05) is 37.4 Å². The van der Waals surface area contributed by atoms with E-state index in [1.807, 2.05) is 0 Å². The number of nitrogens with zero attached hydrogens (tertiary/aromatic N) is 5. The van der Waals surface area contributed by atoms with Crippen LogP contribution >= 0.6 is 11.6 Å². The van der Waals surface area contributed by atoms with E-state index in [4.69, 9.17) is 16.3 Å². The first-order valence-corrected chi connectivity index (χ1v) is 13.0. The maximum Gasteiger partial charge on any atom is 0.270 e. The predicted molar refractivity (Wildman–Crippen MR) is 139 cm³/mol. The van der Waals surface area contributed by atoms with Crippen molar-refractivity contribution in [3.05, 3.63) is 58.1 Å². The van der Waals surface area contributed by atoms with Gasteiger partial charge in [-0.1, -0.05) is 17.7 Å². The highest BCUT2D eigenvalue weighted by Gasteiger charge is 2.23. The van der Waals surface area contributed by atoms with Crippen LogP contribution in [0.15, 0.2) is 30.3 Å². The van der Waals surface area contributed by atoms with Crippen LogP contribution in [-0.4, -0.2) is 56.8 Å². The summed E-state index contributed by atoms with van der Waals surface area (Å²) in [7, 11) is 1.59. The molecular formula is C26H31ClFN7O3. The monoisotopic (exact) mass is 543 g/mol. The van der Waals surface area contributed by atoms with Gasteiger partial charge in [0.15, 0.2) is 0 Å². The molecule has 0 aliphatic heterocycles. The van der Waals surface area contributed by atoms with Crippen molar-refractivity contribution in [2.45, 2.75) is 58.2 Å². The molecule has 0 bridgehead atoms. The number of carbonyl (C=O) groups excluding carboxylic acids is 2. The third-order valence-electron chi connectivity index (χ3n) is 6.50. The molecule has 38 heavy (non-hydrogen) atoms. The van der Waals surface area contributed by atoms with E-state index < -0.39 is 5.82 Å². The lowest BCUT2D eigenvalue weighted by molar-refractivity contribution is -0.122. The van der Waals surface area contributed by atoms with Gasteiger partial charge in [-0.2, -0.15) is 4.80 Å². The predicted octanol–water partition coefficient (Wildman–Crippen LogP) is 3.48. The number of rotatable bonds is 10. The molecule has 1 fully saturated rings. The smallest absolute Gasteiger partial charge is 0.270 e. The first-order valence-electron chi connectivity index (χ1n) is 12.6. The van der Waals surface area contributed by atoms with Gasteiger partial charge >= 0.3 is 0 Å². The third kappa shape index (κ3) is 7.55. The number of methoxy groups -OCH3 is 1. The molecule has 0 saturated heterocycles. The Kier molecular flexibility index (Phi) is 9.35. The van der Waals surface area contributed by atoms with Crippen molar-refractivity contribution in [1.82, 2.24) is 35.8 Å². The van der Waals surface area contributed by atoms with E-state index >= 15 is 0 Å². The van der Waals surface area contributed by atoms with Crippen molar-refractivity contribution < 1.29 is 18.7 Å². The third-order valence-corrected chi connectivity index (χ3v) is 6.79. The number of carbonyl (C=O) groups is 2. The summed E-state index contributed by atoms with van der Waals surface area (Å²) in [5.41, 5.74) is 2.17. The fourth-order valence-corrected chi connectivity index (χ4v) is 4.69. The lowest BCUT2D eigenvalue weighted by Crippen LogP contribution is -2.38. The minimum Gasteiger partial charge on any atom is -0.384 e. The summed E-state index contributed by atoms with van der Waals surface area (Å²) in [4.78, 5) is 30.6. The lowest BCUT2D eigenvalue weighted by Gasteiger charge is -2.28.